The molecule has 0 bridgehead atoms. The Bertz CT molecular complexity index is 966. The number of ether oxygens (including phenoxy) is 2. The van der Waals surface area contributed by atoms with Gasteiger partial charge in [0.1, 0.15) is 11.5 Å². The zero-order valence-corrected chi connectivity index (χ0v) is 16.2. The molecule has 0 atom stereocenters. The maximum absolute atomic E-state index is 12.7. The van der Waals surface area contributed by atoms with E-state index >= 15 is 0 Å². The lowest BCUT2D eigenvalue weighted by atomic mass is 10.0. The second-order valence-corrected chi connectivity index (χ2v) is 6.52. The molecule has 3 aromatic rings. The van der Waals surface area contributed by atoms with Crippen molar-refractivity contribution in [3.8, 4) is 17.1 Å². The molecule has 0 amide bonds. The third-order valence-electron chi connectivity index (χ3n) is 4.07. The van der Waals surface area contributed by atoms with Gasteiger partial charge in [-0.05, 0) is 38.0 Å². The van der Waals surface area contributed by atoms with E-state index in [0.717, 1.165) is 17.0 Å². The van der Waals surface area contributed by atoms with Gasteiger partial charge in [-0.1, -0.05) is 10.3 Å². The Morgan fingerprint density at radius 2 is 1.86 bits per heavy atom. The third kappa shape index (κ3) is 5.14. The molecule has 156 valence electrons. The molecule has 2 aromatic heterocycles. The molecule has 2 heterocycles. The highest BCUT2D eigenvalue weighted by atomic mass is 19.4. The lowest BCUT2D eigenvalue weighted by molar-refractivity contribution is -0.159. The summed E-state index contributed by atoms with van der Waals surface area (Å²) >= 11 is 0. The molecule has 0 saturated heterocycles. The van der Waals surface area contributed by atoms with Gasteiger partial charge < -0.3 is 18.5 Å². The molecular formula is C19H20F3N3O4. The van der Waals surface area contributed by atoms with Crippen molar-refractivity contribution in [3.63, 3.8) is 0 Å². The van der Waals surface area contributed by atoms with Crippen LogP contribution < -0.4 is 4.74 Å². The zero-order chi connectivity index (χ0) is 21.0. The number of nitrogens with zero attached hydrogens (tertiary/aromatic N) is 3. The quantitative estimate of drug-likeness (QED) is 0.504. The first kappa shape index (κ1) is 20.8. The summed E-state index contributed by atoms with van der Waals surface area (Å²) in [5.41, 5.74) is 2.61. The van der Waals surface area contributed by atoms with Crippen LogP contribution in [0.25, 0.3) is 11.4 Å². The molecule has 0 saturated carbocycles. The minimum atomic E-state index is -4.69. The van der Waals surface area contributed by atoms with Gasteiger partial charge in [-0.15, -0.1) is 0 Å². The van der Waals surface area contributed by atoms with Crippen molar-refractivity contribution in [1.29, 1.82) is 0 Å². The van der Waals surface area contributed by atoms with Crippen molar-refractivity contribution in [2.24, 2.45) is 0 Å². The van der Waals surface area contributed by atoms with Gasteiger partial charge in [-0.25, -0.2) is 0 Å². The standard InChI is InChI=1S/C19H20F3N3O4/c1-11-7-13(17-23-18(29-25-17)19(20,21)22)9-14(10-26-3)16(11)27-6-4-5-15-8-12(2)24-28-15/h7-9H,4-6,10H2,1-3H3. The van der Waals surface area contributed by atoms with Crippen molar-refractivity contribution in [2.75, 3.05) is 13.7 Å². The average Bonchev–Trinajstić information content (AvgIpc) is 3.29. The lowest BCUT2D eigenvalue weighted by Crippen LogP contribution is -2.05. The molecule has 29 heavy (non-hydrogen) atoms. The van der Waals surface area contributed by atoms with E-state index in [0.29, 0.717) is 36.3 Å². The summed E-state index contributed by atoms with van der Waals surface area (Å²) in [5.74, 6) is -0.136. The molecule has 0 aliphatic heterocycles. The van der Waals surface area contributed by atoms with Crippen LogP contribution in [0.15, 0.2) is 27.2 Å². The fourth-order valence-corrected chi connectivity index (χ4v) is 2.86. The highest BCUT2D eigenvalue weighted by Gasteiger charge is 2.38. The molecule has 3 rings (SSSR count). The van der Waals surface area contributed by atoms with Crippen LogP contribution in [0.2, 0.25) is 0 Å². The van der Waals surface area contributed by atoms with E-state index in [9.17, 15) is 13.2 Å². The molecule has 10 heteroatoms. The lowest BCUT2D eigenvalue weighted by Gasteiger charge is -2.15. The molecule has 0 unspecified atom stereocenters. The summed E-state index contributed by atoms with van der Waals surface area (Å²) in [7, 11) is 1.52. The smallest absolute Gasteiger partial charge is 0.471 e. The van der Waals surface area contributed by atoms with Crippen molar-refractivity contribution in [1.82, 2.24) is 15.3 Å². The number of benzene rings is 1. The Balaban J connectivity index is 1.74. The van der Waals surface area contributed by atoms with Gasteiger partial charge in [0, 0.05) is 30.7 Å². The molecule has 7 nitrogen and oxygen atoms in total. The zero-order valence-electron chi connectivity index (χ0n) is 16.2. The van der Waals surface area contributed by atoms with Crippen molar-refractivity contribution < 1.29 is 31.7 Å². The largest absolute Gasteiger partial charge is 0.493 e. The first-order chi connectivity index (χ1) is 13.8. The van der Waals surface area contributed by atoms with E-state index in [1.54, 1.807) is 19.1 Å². The van der Waals surface area contributed by atoms with Crippen molar-refractivity contribution >= 4 is 0 Å². The first-order valence-corrected chi connectivity index (χ1v) is 8.86. The fourth-order valence-electron chi connectivity index (χ4n) is 2.86. The maximum atomic E-state index is 12.7. The number of methoxy groups -OCH3 is 1. The molecule has 0 aliphatic rings. The summed E-state index contributed by atoms with van der Waals surface area (Å²) < 4.78 is 58.7. The highest BCUT2D eigenvalue weighted by Crippen LogP contribution is 2.33. The Hall–Kier alpha value is -2.88. The summed E-state index contributed by atoms with van der Waals surface area (Å²) in [4.78, 5) is 3.43. The van der Waals surface area contributed by atoms with Gasteiger partial charge in [0.15, 0.2) is 0 Å². The van der Waals surface area contributed by atoms with Crippen molar-refractivity contribution in [2.45, 2.75) is 39.5 Å². The molecule has 0 fully saturated rings. The Morgan fingerprint density at radius 3 is 2.48 bits per heavy atom. The number of hydrogen-bond acceptors (Lipinski definition) is 7. The predicted molar refractivity (Wildman–Crippen MR) is 95.2 cm³/mol. The van der Waals surface area contributed by atoms with Crippen LogP contribution in [-0.4, -0.2) is 29.0 Å². The molecular weight excluding hydrogens is 391 g/mol. The Morgan fingerprint density at radius 1 is 1.07 bits per heavy atom. The van der Waals surface area contributed by atoms with Crippen molar-refractivity contribution in [3.05, 3.63) is 46.7 Å². The van der Waals surface area contributed by atoms with Gasteiger partial charge in [-0.3, -0.25) is 0 Å². The van der Waals surface area contributed by atoms with E-state index in [1.165, 1.54) is 7.11 Å². The Labute approximate surface area is 164 Å². The fraction of sp³-hybridized carbons (Fsp3) is 0.421. The van der Waals surface area contributed by atoms with E-state index in [2.05, 4.69) is 19.8 Å². The minimum absolute atomic E-state index is 0.148. The minimum Gasteiger partial charge on any atom is -0.493 e. The number of alkyl halides is 3. The summed E-state index contributed by atoms with van der Waals surface area (Å²) in [6.07, 6.45) is -3.30. The number of rotatable bonds is 8. The monoisotopic (exact) mass is 411 g/mol. The SMILES string of the molecule is COCc1cc(-c2noc(C(F)(F)F)n2)cc(C)c1OCCCc1cc(C)no1. The van der Waals surface area contributed by atoms with Gasteiger partial charge in [0.05, 0.1) is 18.9 Å². The molecule has 1 aromatic carbocycles. The van der Waals surface area contributed by atoms with Crippen LogP contribution in [0.4, 0.5) is 13.2 Å². The predicted octanol–water partition coefficient (Wildman–Crippen LogP) is 4.52. The number of halogens is 3. The third-order valence-corrected chi connectivity index (χ3v) is 4.07. The number of aryl methyl sites for hydroxylation is 3. The maximum Gasteiger partial charge on any atom is 0.471 e. The number of aromatic nitrogens is 3. The Kier molecular flexibility index (Phi) is 6.21. The van der Waals surface area contributed by atoms with Crippen LogP contribution in [0.5, 0.6) is 5.75 Å². The molecule has 0 N–H and O–H groups in total. The van der Waals surface area contributed by atoms with Crippen LogP contribution in [0, 0.1) is 13.8 Å². The second kappa shape index (κ2) is 8.64. The normalized spacial score (nSPS) is 11.8. The van der Waals surface area contributed by atoms with Crippen LogP contribution in [0.3, 0.4) is 0 Å². The van der Waals surface area contributed by atoms with Gasteiger partial charge >= 0.3 is 12.1 Å². The van der Waals surface area contributed by atoms with Crippen LogP contribution >= 0.6 is 0 Å². The topological polar surface area (TPSA) is 83.4 Å². The summed E-state index contributed by atoms with van der Waals surface area (Å²) in [5, 5.41) is 7.27. The second-order valence-electron chi connectivity index (χ2n) is 6.52. The van der Waals surface area contributed by atoms with E-state index in [-0.39, 0.29) is 12.4 Å². The van der Waals surface area contributed by atoms with E-state index in [1.807, 2.05) is 13.0 Å². The van der Waals surface area contributed by atoms with Gasteiger partial charge in [0.25, 0.3) is 0 Å². The van der Waals surface area contributed by atoms with Crippen LogP contribution in [-0.2, 0) is 23.9 Å². The molecule has 0 radical (unpaired) electrons. The molecule has 0 spiro atoms. The number of hydrogen-bond donors (Lipinski definition) is 0. The van der Waals surface area contributed by atoms with Crippen LogP contribution in [0.1, 0.15) is 34.9 Å². The average molecular weight is 411 g/mol. The summed E-state index contributed by atoms with van der Waals surface area (Å²) in [6.45, 7) is 4.29. The summed E-state index contributed by atoms with van der Waals surface area (Å²) in [6, 6.07) is 5.16. The molecule has 0 aliphatic carbocycles. The van der Waals surface area contributed by atoms with Gasteiger partial charge in [0.2, 0.25) is 5.82 Å². The van der Waals surface area contributed by atoms with Gasteiger partial charge in [-0.2, -0.15) is 18.2 Å². The van der Waals surface area contributed by atoms with E-state index in [4.69, 9.17) is 14.0 Å². The van der Waals surface area contributed by atoms with E-state index < -0.39 is 12.1 Å². The highest BCUT2D eigenvalue weighted by molar-refractivity contribution is 5.61. The first-order valence-electron chi connectivity index (χ1n) is 8.86.